The molecule has 0 saturated carbocycles. The molecule has 5 heteroatoms. The molecule has 1 aromatic heterocycles. The average Bonchev–Trinajstić information content (AvgIpc) is 2.18. The largest absolute Gasteiger partial charge is 0.348 e. The van der Waals surface area contributed by atoms with Gasteiger partial charge in [-0.05, 0) is 28.9 Å². The van der Waals surface area contributed by atoms with Gasteiger partial charge in [0, 0.05) is 12.7 Å². The molecule has 0 saturated heterocycles. The van der Waals surface area contributed by atoms with Gasteiger partial charge in [0.05, 0.1) is 10.0 Å². The van der Waals surface area contributed by atoms with E-state index in [-0.39, 0.29) is 5.91 Å². The molecule has 1 rings (SSSR count). The van der Waals surface area contributed by atoms with E-state index in [0.717, 1.165) is 5.57 Å². The van der Waals surface area contributed by atoms with E-state index in [2.05, 4.69) is 32.8 Å². The van der Waals surface area contributed by atoms with Crippen molar-refractivity contribution in [3.05, 3.63) is 39.6 Å². The molecule has 0 atom stereocenters. The van der Waals surface area contributed by atoms with Gasteiger partial charge in [-0.15, -0.1) is 0 Å². The quantitative estimate of drug-likeness (QED) is 0.687. The van der Waals surface area contributed by atoms with Crippen LogP contribution in [0, 0.1) is 0 Å². The van der Waals surface area contributed by atoms with E-state index in [1.54, 1.807) is 6.07 Å². The first-order chi connectivity index (χ1) is 7.00. The van der Waals surface area contributed by atoms with Crippen molar-refractivity contribution in [1.29, 1.82) is 0 Å². The second kappa shape index (κ2) is 5.28. The highest BCUT2D eigenvalue weighted by molar-refractivity contribution is 9.10. The molecule has 1 aromatic rings. The zero-order valence-corrected chi connectivity index (χ0v) is 10.5. The van der Waals surface area contributed by atoms with Gasteiger partial charge in [-0.1, -0.05) is 23.8 Å². The predicted molar refractivity (Wildman–Crippen MR) is 64.1 cm³/mol. The van der Waals surface area contributed by atoms with Gasteiger partial charge in [-0.3, -0.25) is 4.79 Å². The minimum absolute atomic E-state index is 0.192. The lowest BCUT2D eigenvalue weighted by molar-refractivity contribution is 0.0956. The summed E-state index contributed by atoms with van der Waals surface area (Å²) in [5, 5.41) is 3.04. The van der Waals surface area contributed by atoms with E-state index in [1.807, 2.05) is 6.92 Å². The van der Waals surface area contributed by atoms with Crippen LogP contribution in [0.2, 0.25) is 5.15 Å². The summed E-state index contributed by atoms with van der Waals surface area (Å²) in [6.07, 6.45) is 1.43. The minimum Gasteiger partial charge on any atom is -0.348 e. The maximum Gasteiger partial charge on any atom is 0.253 e. The maximum absolute atomic E-state index is 11.6. The number of pyridine rings is 1. The van der Waals surface area contributed by atoms with Gasteiger partial charge in [-0.2, -0.15) is 0 Å². The van der Waals surface area contributed by atoms with Crippen molar-refractivity contribution in [3.8, 4) is 0 Å². The molecule has 80 valence electrons. The van der Waals surface area contributed by atoms with Crippen molar-refractivity contribution >= 4 is 33.4 Å². The Balaban J connectivity index is 2.74. The molecule has 3 nitrogen and oxygen atoms in total. The van der Waals surface area contributed by atoms with Crippen molar-refractivity contribution in [1.82, 2.24) is 10.3 Å². The first-order valence-corrected chi connectivity index (χ1v) is 5.41. The molecule has 0 fully saturated rings. The SMILES string of the molecule is C=C(C)CNC(=O)c1cnc(Cl)c(Br)c1. The smallest absolute Gasteiger partial charge is 0.253 e. The van der Waals surface area contributed by atoms with E-state index < -0.39 is 0 Å². The summed E-state index contributed by atoms with van der Waals surface area (Å²) < 4.78 is 0.604. The van der Waals surface area contributed by atoms with Crippen LogP contribution in [0.15, 0.2) is 28.9 Å². The van der Waals surface area contributed by atoms with Crippen LogP contribution < -0.4 is 5.32 Å². The Labute approximate surface area is 102 Å². The average molecular weight is 290 g/mol. The molecule has 0 aliphatic carbocycles. The highest BCUT2D eigenvalue weighted by Crippen LogP contribution is 2.20. The lowest BCUT2D eigenvalue weighted by Gasteiger charge is -2.04. The summed E-state index contributed by atoms with van der Waals surface area (Å²) in [4.78, 5) is 15.4. The minimum atomic E-state index is -0.192. The van der Waals surface area contributed by atoms with Crippen LogP contribution in [-0.2, 0) is 0 Å². The molecule has 0 bridgehead atoms. The van der Waals surface area contributed by atoms with Crippen LogP contribution >= 0.6 is 27.5 Å². The fourth-order valence-corrected chi connectivity index (χ4v) is 1.33. The Hall–Kier alpha value is -0.870. The van der Waals surface area contributed by atoms with Crippen LogP contribution in [0.4, 0.5) is 0 Å². The van der Waals surface area contributed by atoms with Crippen molar-refractivity contribution in [2.75, 3.05) is 6.54 Å². The number of nitrogens with one attached hydrogen (secondary N) is 1. The van der Waals surface area contributed by atoms with Gasteiger partial charge >= 0.3 is 0 Å². The van der Waals surface area contributed by atoms with E-state index in [4.69, 9.17) is 11.6 Å². The van der Waals surface area contributed by atoms with E-state index in [1.165, 1.54) is 6.20 Å². The molecule has 1 N–H and O–H groups in total. The molecule has 0 aliphatic rings. The summed E-state index contributed by atoms with van der Waals surface area (Å²) in [7, 11) is 0. The third kappa shape index (κ3) is 3.64. The molecule has 1 heterocycles. The highest BCUT2D eigenvalue weighted by atomic mass is 79.9. The molecular formula is C10H10BrClN2O. The van der Waals surface area contributed by atoms with E-state index in [0.29, 0.717) is 21.7 Å². The molecule has 0 radical (unpaired) electrons. The zero-order valence-electron chi connectivity index (χ0n) is 8.18. The number of amides is 1. The Morgan fingerprint density at radius 2 is 2.40 bits per heavy atom. The Bertz CT molecular complexity index is 406. The maximum atomic E-state index is 11.6. The van der Waals surface area contributed by atoms with Gasteiger partial charge in [-0.25, -0.2) is 4.98 Å². The van der Waals surface area contributed by atoms with Crippen molar-refractivity contribution in [2.45, 2.75) is 6.92 Å². The number of nitrogens with zero attached hydrogens (tertiary/aromatic N) is 1. The predicted octanol–water partition coefficient (Wildman–Crippen LogP) is 2.80. The van der Waals surface area contributed by atoms with E-state index >= 15 is 0 Å². The third-order valence-electron chi connectivity index (χ3n) is 1.61. The molecule has 0 aliphatic heterocycles. The number of rotatable bonds is 3. The Morgan fingerprint density at radius 1 is 1.73 bits per heavy atom. The summed E-state index contributed by atoms with van der Waals surface area (Å²) >= 11 is 8.91. The standard InChI is InChI=1S/C10H10BrClN2O/c1-6(2)4-14-10(15)7-3-8(11)9(12)13-5-7/h3,5H,1,4H2,2H3,(H,14,15). The van der Waals surface area contributed by atoms with Crippen molar-refractivity contribution in [2.24, 2.45) is 0 Å². The number of aromatic nitrogens is 1. The van der Waals surface area contributed by atoms with E-state index in [9.17, 15) is 4.79 Å². The third-order valence-corrected chi connectivity index (χ3v) is 2.74. The first-order valence-electron chi connectivity index (χ1n) is 4.24. The number of halogens is 2. The number of hydrogen-bond acceptors (Lipinski definition) is 2. The molecule has 0 aromatic carbocycles. The zero-order chi connectivity index (χ0) is 11.4. The fraction of sp³-hybridized carbons (Fsp3) is 0.200. The van der Waals surface area contributed by atoms with Crippen molar-refractivity contribution in [3.63, 3.8) is 0 Å². The normalized spacial score (nSPS) is 9.80. The molecule has 0 unspecified atom stereocenters. The number of carbonyl (C=O) groups is 1. The lowest BCUT2D eigenvalue weighted by Crippen LogP contribution is -2.24. The lowest BCUT2D eigenvalue weighted by atomic mass is 10.2. The summed E-state index contributed by atoms with van der Waals surface area (Å²) in [5.74, 6) is -0.192. The molecule has 15 heavy (non-hydrogen) atoms. The van der Waals surface area contributed by atoms with Crippen LogP contribution in [0.25, 0.3) is 0 Å². The van der Waals surface area contributed by atoms with Crippen LogP contribution in [-0.4, -0.2) is 17.4 Å². The van der Waals surface area contributed by atoms with Gasteiger partial charge in [0.15, 0.2) is 0 Å². The van der Waals surface area contributed by atoms with Crippen molar-refractivity contribution < 1.29 is 4.79 Å². The summed E-state index contributed by atoms with van der Waals surface area (Å²) in [5.41, 5.74) is 1.36. The van der Waals surface area contributed by atoms with Gasteiger partial charge in [0.1, 0.15) is 5.15 Å². The summed E-state index contributed by atoms with van der Waals surface area (Å²) in [6.45, 7) is 5.99. The van der Waals surface area contributed by atoms with Crippen LogP contribution in [0.1, 0.15) is 17.3 Å². The topological polar surface area (TPSA) is 42.0 Å². The molecule has 1 amide bonds. The van der Waals surface area contributed by atoms with Gasteiger partial charge < -0.3 is 5.32 Å². The number of carbonyl (C=O) groups excluding carboxylic acids is 1. The molecule has 0 spiro atoms. The summed E-state index contributed by atoms with van der Waals surface area (Å²) in [6, 6.07) is 1.63. The van der Waals surface area contributed by atoms with Crippen LogP contribution in [0.3, 0.4) is 0 Å². The second-order valence-corrected chi connectivity index (χ2v) is 4.35. The second-order valence-electron chi connectivity index (χ2n) is 3.14. The molecular weight excluding hydrogens is 279 g/mol. The van der Waals surface area contributed by atoms with Gasteiger partial charge in [0.25, 0.3) is 5.91 Å². The van der Waals surface area contributed by atoms with Crippen LogP contribution in [0.5, 0.6) is 0 Å². The number of hydrogen-bond donors (Lipinski definition) is 1. The Morgan fingerprint density at radius 3 is 2.93 bits per heavy atom. The monoisotopic (exact) mass is 288 g/mol. The highest BCUT2D eigenvalue weighted by Gasteiger charge is 2.07. The van der Waals surface area contributed by atoms with Gasteiger partial charge in [0.2, 0.25) is 0 Å². The fourth-order valence-electron chi connectivity index (χ4n) is 0.879. The first kappa shape index (κ1) is 12.2. The Kier molecular flexibility index (Phi) is 4.29.